The SMILES string of the molecule is COC(=O)C[C@@H]1C(=O)NCCN1C(=O)CSc1nnnn1-c1ccc(OC)cc1. The molecule has 2 aromatic rings. The number of aromatic nitrogens is 4. The second-order valence-electron chi connectivity index (χ2n) is 6.03. The van der Waals surface area contributed by atoms with Gasteiger partial charge >= 0.3 is 5.97 Å². The van der Waals surface area contributed by atoms with Crippen LogP contribution < -0.4 is 10.1 Å². The summed E-state index contributed by atoms with van der Waals surface area (Å²) in [5.41, 5.74) is 0.715. The first kappa shape index (κ1) is 20.6. The van der Waals surface area contributed by atoms with Gasteiger partial charge in [0, 0.05) is 13.1 Å². The number of ether oxygens (including phenoxy) is 2. The number of nitrogens with zero attached hydrogens (tertiary/aromatic N) is 5. The number of tetrazole rings is 1. The lowest BCUT2D eigenvalue weighted by atomic mass is 10.1. The molecular formula is C17H20N6O5S. The number of piperazine rings is 1. The van der Waals surface area contributed by atoms with Crippen molar-refractivity contribution in [2.75, 3.05) is 33.1 Å². The van der Waals surface area contributed by atoms with E-state index in [-0.39, 0.29) is 24.0 Å². The summed E-state index contributed by atoms with van der Waals surface area (Å²) in [7, 11) is 2.82. The Hall–Kier alpha value is -3.15. The highest BCUT2D eigenvalue weighted by atomic mass is 32.2. The van der Waals surface area contributed by atoms with Gasteiger partial charge in [-0.05, 0) is 34.7 Å². The van der Waals surface area contributed by atoms with E-state index in [1.54, 1.807) is 31.4 Å². The Bertz CT molecular complexity index is 887. The minimum absolute atomic E-state index is 0.0154. The van der Waals surface area contributed by atoms with Crippen molar-refractivity contribution in [3.8, 4) is 11.4 Å². The molecule has 3 rings (SSSR count). The first-order chi connectivity index (χ1) is 14.0. The molecule has 1 atom stereocenters. The molecule has 1 N–H and O–H groups in total. The topological polar surface area (TPSA) is 129 Å². The van der Waals surface area contributed by atoms with E-state index in [1.165, 1.54) is 16.7 Å². The van der Waals surface area contributed by atoms with E-state index in [9.17, 15) is 14.4 Å². The van der Waals surface area contributed by atoms with Crippen LogP contribution in [0, 0.1) is 0 Å². The molecule has 0 unspecified atom stereocenters. The van der Waals surface area contributed by atoms with E-state index >= 15 is 0 Å². The van der Waals surface area contributed by atoms with Crippen LogP contribution in [0.2, 0.25) is 0 Å². The number of nitrogens with one attached hydrogen (secondary N) is 1. The summed E-state index contributed by atoms with van der Waals surface area (Å²) in [4.78, 5) is 37.8. The minimum atomic E-state index is -0.887. The van der Waals surface area contributed by atoms with Gasteiger partial charge in [0.15, 0.2) is 0 Å². The van der Waals surface area contributed by atoms with E-state index in [0.29, 0.717) is 29.7 Å². The summed E-state index contributed by atoms with van der Waals surface area (Å²) in [6.45, 7) is 0.646. The lowest BCUT2D eigenvalue weighted by Gasteiger charge is -2.34. The second-order valence-corrected chi connectivity index (χ2v) is 6.98. The van der Waals surface area contributed by atoms with Gasteiger partial charge in [-0.3, -0.25) is 14.4 Å². The Kier molecular flexibility index (Phi) is 6.65. The highest BCUT2D eigenvalue weighted by Crippen LogP contribution is 2.21. The molecule has 0 bridgehead atoms. The van der Waals surface area contributed by atoms with Crippen LogP contribution in [-0.4, -0.2) is 82.0 Å². The fraction of sp³-hybridized carbons (Fsp3) is 0.412. The van der Waals surface area contributed by atoms with E-state index < -0.39 is 12.0 Å². The molecule has 0 aliphatic carbocycles. The van der Waals surface area contributed by atoms with Gasteiger partial charge in [-0.2, -0.15) is 4.68 Å². The third kappa shape index (κ3) is 4.83. The predicted octanol–water partition coefficient (Wildman–Crippen LogP) is -0.347. The molecule has 1 fully saturated rings. The summed E-state index contributed by atoms with van der Waals surface area (Å²) >= 11 is 1.14. The monoisotopic (exact) mass is 420 g/mol. The minimum Gasteiger partial charge on any atom is -0.497 e. The number of benzene rings is 1. The number of amides is 2. The van der Waals surface area contributed by atoms with Crippen molar-refractivity contribution in [3.05, 3.63) is 24.3 Å². The maximum absolute atomic E-state index is 12.7. The molecule has 1 aromatic heterocycles. The number of carbonyl (C=O) groups excluding carboxylic acids is 3. The van der Waals surface area contributed by atoms with Crippen molar-refractivity contribution in [2.24, 2.45) is 0 Å². The average molecular weight is 420 g/mol. The van der Waals surface area contributed by atoms with Gasteiger partial charge in [0.2, 0.25) is 17.0 Å². The van der Waals surface area contributed by atoms with Gasteiger partial charge in [-0.15, -0.1) is 5.10 Å². The van der Waals surface area contributed by atoms with Crippen LogP contribution in [0.5, 0.6) is 5.75 Å². The fourth-order valence-electron chi connectivity index (χ4n) is 2.82. The third-order valence-electron chi connectivity index (χ3n) is 4.32. The summed E-state index contributed by atoms with van der Waals surface area (Å²) in [6, 6.07) is 6.26. The van der Waals surface area contributed by atoms with Gasteiger partial charge in [0.1, 0.15) is 11.8 Å². The van der Waals surface area contributed by atoms with E-state index in [2.05, 4.69) is 25.6 Å². The maximum Gasteiger partial charge on any atom is 0.308 e. The Balaban J connectivity index is 1.67. The highest BCUT2D eigenvalue weighted by Gasteiger charge is 2.35. The number of thioether (sulfide) groups is 1. The molecule has 0 spiro atoms. The molecule has 154 valence electrons. The third-order valence-corrected chi connectivity index (χ3v) is 5.23. The van der Waals surface area contributed by atoms with Crippen LogP contribution in [0.3, 0.4) is 0 Å². The van der Waals surface area contributed by atoms with E-state index in [4.69, 9.17) is 4.74 Å². The molecule has 1 saturated heterocycles. The first-order valence-electron chi connectivity index (χ1n) is 8.73. The summed E-state index contributed by atoms with van der Waals surface area (Å²) in [5, 5.41) is 14.7. The smallest absolute Gasteiger partial charge is 0.308 e. The lowest BCUT2D eigenvalue weighted by Crippen LogP contribution is -2.58. The molecule has 12 heteroatoms. The van der Waals surface area contributed by atoms with Crippen LogP contribution in [0.4, 0.5) is 0 Å². The van der Waals surface area contributed by atoms with Crippen molar-refractivity contribution in [1.29, 1.82) is 0 Å². The van der Waals surface area contributed by atoms with Crippen molar-refractivity contribution < 1.29 is 23.9 Å². The summed E-state index contributed by atoms with van der Waals surface area (Å²) < 4.78 is 11.3. The quantitative estimate of drug-likeness (QED) is 0.472. The zero-order chi connectivity index (χ0) is 20.8. The Morgan fingerprint density at radius 2 is 2.03 bits per heavy atom. The summed E-state index contributed by atoms with van der Waals surface area (Å²) in [5.74, 6) is -0.500. The molecule has 1 aromatic carbocycles. The van der Waals surface area contributed by atoms with Crippen molar-refractivity contribution in [1.82, 2.24) is 30.4 Å². The number of esters is 1. The van der Waals surface area contributed by atoms with Crippen molar-refractivity contribution in [2.45, 2.75) is 17.6 Å². The molecule has 11 nitrogen and oxygen atoms in total. The number of rotatable bonds is 7. The van der Waals surface area contributed by atoms with Gasteiger partial charge in [-0.1, -0.05) is 11.8 Å². The van der Waals surface area contributed by atoms with Crippen LogP contribution in [0.15, 0.2) is 29.4 Å². The number of hydrogen-bond donors (Lipinski definition) is 1. The first-order valence-corrected chi connectivity index (χ1v) is 9.71. The molecular weight excluding hydrogens is 400 g/mol. The maximum atomic E-state index is 12.7. The second kappa shape index (κ2) is 9.37. The van der Waals surface area contributed by atoms with Crippen molar-refractivity contribution >= 4 is 29.5 Å². The molecule has 1 aliphatic heterocycles. The van der Waals surface area contributed by atoms with Gasteiger partial charge < -0.3 is 19.7 Å². The van der Waals surface area contributed by atoms with Crippen LogP contribution in [0.1, 0.15) is 6.42 Å². The molecule has 0 radical (unpaired) electrons. The Morgan fingerprint density at radius 1 is 1.28 bits per heavy atom. The highest BCUT2D eigenvalue weighted by molar-refractivity contribution is 7.99. The molecule has 29 heavy (non-hydrogen) atoms. The van der Waals surface area contributed by atoms with E-state index in [0.717, 1.165) is 11.8 Å². The van der Waals surface area contributed by atoms with Crippen LogP contribution in [-0.2, 0) is 19.1 Å². The zero-order valence-electron chi connectivity index (χ0n) is 15.9. The molecule has 0 saturated carbocycles. The number of hydrogen-bond acceptors (Lipinski definition) is 9. The standard InChI is InChI=1S/C17H20N6O5S/c1-27-12-5-3-11(4-6-12)23-17(19-20-21-23)29-10-14(24)22-8-7-18-16(26)13(22)9-15(25)28-2/h3-6,13H,7-10H2,1-2H3,(H,18,26)/t13-/m1/s1. The van der Waals surface area contributed by atoms with E-state index in [1.807, 2.05) is 0 Å². The van der Waals surface area contributed by atoms with Crippen LogP contribution in [0.25, 0.3) is 5.69 Å². The normalized spacial score (nSPS) is 16.3. The largest absolute Gasteiger partial charge is 0.497 e. The van der Waals surface area contributed by atoms with Gasteiger partial charge in [0.25, 0.3) is 0 Å². The zero-order valence-corrected chi connectivity index (χ0v) is 16.7. The molecule has 1 aliphatic rings. The number of carbonyl (C=O) groups is 3. The Labute approximate surface area is 170 Å². The molecule has 2 amide bonds. The lowest BCUT2D eigenvalue weighted by molar-refractivity contribution is -0.149. The predicted molar refractivity (Wildman–Crippen MR) is 102 cm³/mol. The number of methoxy groups -OCH3 is 2. The average Bonchev–Trinajstić information content (AvgIpc) is 3.22. The fourth-order valence-corrected chi connectivity index (χ4v) is 3.60. The molecule has 2 heterocycles. The van der Waals surface area contributed by atoms with Crippen LogP contribution >= 0.6 is 11.8 Å². The van der Waals surface area contributed by atoms with Gasteiger partial charge in [0.05, 0.1) is 32.1 Å². The van der Waals surface area contributed by atoms with Gasteiger partial charge in [-0.25, -0.2) is 0 Å². The Morgan fingerprint density at radius 3 is 2.72 bits per heavy atom. The van der Waals surface area contributed by atoms with Crippen molar-refractivity contribution in [3.63, 3.8) is 0 Å². The summed E-state index contributed by atoms with van der Waals surface area (Å²) in [6.07, 6.45) is -0.192.